The number of rotatable bonds is 4. The third kappa shape index (κ3) is 2.46. The quantitative estimate of drug-likeness (QED) is 0.812. The van der Waals surface area contributed by atoms with Crippen molar-refractivity contribution in [3.05, 3.63) is 35.0 Å². The molecular weight excluding hydrogens is 224 g/mol. The van der Waals surface area contributed by atoms with E-state index >= 15 is 0 Å². The van der Waals surface area contributed by atoms with Crippen molar-refractivity contribution in [3.8, 4) is 0 Å². The van der Waals surface area contributed by atoms with Crippen molar-refractivity contribution < 1.29 is 4.79 Å². The smallest absolute Gasteiger partial charge is 0.178 e. The zero-order chi connectivity index (χ0) is 13.3. The first-order valence-electron chi connectivity index (χ1n) is 6.34. The summed E-state index contributed by atoms with van der Waals surface area (Å²) in [7, 11) is 0. The van der Waals surface area contributed by atoms with Crippen LogP contribution in [0.4, 0.5) is 0 Å². The van der Waals surface area contributed by atoms with E-state index in [2.05, 4.69) is 36.3 Å². The zero-order valence-electron chi connectivity index (χ0n) is 11.4. The summed E-state index contributed by atoms with van der Waals surface area (Å²) in [5, 5.41) is 4.22. The largest absolute Gasteiger partial charge is 0.360 e. The van der Waals surface area contributed by atoms with E-state index in [0.717, 1.165) is 22.0 Å². The molecule has 0 bridgehead atoms. The summed E-state index contributed by atoms with van der Waals surface area (Å²) in [5.41, 5.74) is 4.19. The number of nitrogens with one attached hydrogen (secondary N) is 2. The molecule has 3 heteroatoms. The summed E-state index contributed by atoms with van der Waals surface area (Å²) in [6.45, 7) is 8.58. The van der Waals surface area contributed by atoms with Crippen molar-refractivity contribution in [2.45, 2.75) is 33.7 Å². The van der Waals surface area contributed by atoms with Gasteiger partial charge in [0.1, 0.15) is 0 Å². The molecule has 0 fully saturated rings. The van der Waals surface area contributed by atoms with Crippen LogP contribution >= 0.6 is 0 Å². The minimum absolute atomic E-state index is 0.141. The lowest BCUT2D eigenvalue weighted by Gasteiger charge is -2.07. The second kappa shape index (κ2) is 4.94. The van der Waals surface area contributed by atoms with Gasteiger partial charge in [-0.3, -0.25) is 4.79 Å². The molecule has 0 atom stereocenters. The van der Waals surface area contributed by atoms with Gasteiger partial charge in [-0.15, -0.1) is 0 Å². The third-order valence-corrected chi connectivity index (χ3v) is 3.09. The molecule has 0 unspecified atom stereocenters. The Hall–Kier alpha value is -1.61. The van der Waals surface area contributed by atoms with E-state index in [9.17, 15) is 4.79 Å². The number of H-pyrrole nitrogens is 1. The summed E-state index contributed by atoms with van der Waals surface area (Å²) >= 11 is 0. The average Bonchev–Trinajstić information content (AvgIpc) is 2.69. The van der Waals surface area contributed by atoms with Crippen molar-refractivity contribution in [3.63, 3.8) is 0 Å². The van der Waals surface area contributed by atoms with E-state index in [-0.39, 0.29) is 5.78 Å². The third-order valence-electron chi connectivity index (χ3n) is 3.09. The Morgan fingerprint density at radius 3 is 2.72 bits per heavy atom. The molecule has 3 nitrogen and oxygen atoms in total. The van der Waals surface area contributed by atoms with Gasteiger partial charge >= 0.3 is 0 Å². The number of Topliss-reactive ketones (excluding diaryl/α,β-unsaturated/α-hetero) is 1. The van der Waals surface area contributed by atoms with E-state index in [1.54, 1.807) is 0 Å². The number of aromatic amines is 1. The fourth-order valence-corrected chi connectivity index (χ4v) is 2.27. The topological polar surface area (TPSA) is 44.9 Å². The van der Waals surface area contributed by atoms with Gasteiger partial charge in [-0.05, 0) is 31.0 Å². The van der Waals surface area contributed by atoms with E-state index in [1.165, 1.54) is 5.56 Å². The van der Waals surface area contributed by atoms with Crippen LogP contribution in [-0.4, -0.2) is 23.4 Å². The predicted octanol–water partition coefficient (Wildman–Crippen LogP) is 2.97. The highest BCUT2D eigenvalue weighted by Gasteiger charge is 2.14. The van der Waals surface area contributed by atoms with Crippen molar-refractivity contribution in [2.24, 2.45) is 0 Å². The zero-order valence-corrected chi connectivity index (χ0v) is 11.4. The Balaban J connectivity index is 2.37. The molecule has 0 spiro atoms. The van der Waals surface area contributed by atoms with E-state index in [0.29, 0.717) is 12.6 Å². The van der Waals surface area contributed by atoms with Crippen LogP contribution in [0.5, 0.6) is 0 Å². The van der Waals surface area contributed by atoms with Crippen LogP contribution in [0, 0.1) is 13.8 Å². The fourth-order valence-electron chi connectivity index (χ4n) is 2.27. The lowest BCUT2D eigenvalue weighted by molar-refractivity contribution is 0.0990. The molecule has 0 saturated carbocycles. The Morgan fingerprint density at radius 2 is 2.06 bits per heavy atom. The number of benzene rings is 1. The number of carbonyl (C=O) groups excluding carboxylic acids is 1. The van der Waals surface area contributed by atoms with Crippen molar-refractivity contribution in [1.29, 1.82) is 0 Å². The second-order valence-electron chi connectivity index (χ2n) is 5.17. The maximum atomic E-state index is 12.2. The molecule has 96 valence electrons. The van der Waals surface area contributed by atoms with Crippen molar-refractivity contribution in [1.82, 2.24) is 10.3 Å². The first kappa shape index (κ1) is 12.8. The van der Waals surface area contributed by atoms with Crippen molar-refractivity contribution >= 4 is 16.7 Å². The van der Waals surface area contributed by atoms with E-state index in [4.69, 9.17) is 0 Å². The Kier molecular flexibility index (Phi) is 3.53. The minimum Gasteiger partial charge on any atom is -0.360 e. The van der Waals surface area contributed by atoms with Crippen LogP contribution in [0.25, 0.3) is 10.9 Å². The summed E-state index contributed by atoms with van der Waals surface area (Å²) in [6, 6.07) is 4.51. The monoisotopic (exact) mass is 244 g/mol. The van der Waals surface area contributed by atoms with Crippen LogP contribution in [-0.2, 0) is 0 Å². The van der Waals surface area contributed by atoms with Gasteiger partial charge in [0.2, 0.25) is 0 Å². The summed E-state index contributed by atoms with van der Waals surface area (Å²) in [6.07, 6.45) is 1.82. The Morgan fingerprint density at radius 1 is 1.33 bits per heavy atom. The average molecular weight is 244 g/mol. The molecule has 1 aromatic heterocycles. The molecule has 0 saturated heterocycles. The lowest BCUT2D eigenvalue weighted by Crippen LogP contribution is -2.29. The van der Waals surface area contributed by atoms with Gasteiger partial charge in [-0.2, -0.15) is 0 Å². The standard InChI is InChI=1S/C15H20N2O/c1-9(2)16-8-14(18)12-7-17-13-6-10(3)5-11(4)15(12)13/h5-7,9,16-17H,8H2,1-4H3. The summed E-state index contributed by atoms with van der Waals surface area (Å²) < 4.78 is 0. The Labute approximate surface area is 108 Å². The number of carbonyl (C=O) groups is 1. The minimum atomic E-state index is 0.141. The molecule has 1 heterocycles. The number of aryl methyl sites for hydroxylation is 2. The molecule has 0 aliphatic carbocycles. The highest BCUT2D eigenvalue weighted by Crippen LogP contribution is 2.24. The summed E-state index contributed by atoms with van der Waals surface area (Å²) in [4.78, 5) is 15.4. The molecule has 2 rings (SSSR count). The maximum Gasteiger partial charge on any atom is 0.178 e. The molecule has 0 aliphatic rings. The van der Waals surface area contributed by atoms with Crippen LogP contribution in [0.3, 0.4) is 0 Å². The van der Waals surface area contributed by atoms with Gasteiger partial charge < -0.3 is 10.3 Å². The molecule has 18 heavy (non-hydrogen) atoms. The van der Waals surface area contributed by atoms with Gasteiger partial charge in [0.15, 0.2) is 5.78 Å². The molecule has 0 radical (unpaired) electrons. The van der Waals surface area contributed by atoms with E-state index < -0.39 is 0 Å². The fraction of sp³-hybridized carbons (Fsp3) is 0.400. The number of aromatic nitrogens is 1. The predicted molar refractivity (Wildman–Crippen MR) is 75.2 cm³/mol. The van der Waals surface area contributed by atoms with Gasteiger partial charge in [-0.25, -0.2) is 0 Å². The van der Waals surface area contributed by atoms with Crippen LogP contribution in [0.15, 0.2) is 18.3 Å². The molecule has 2 aromatic rings. The van der Waals surface area contributed by atoms with Gasteiger partial charge in [0.25, 0.3) is 0 Å². The highest BCUT2D eigenvalue weighted by atomic mass is 16.1. The number of hydrogen-bond acceptors (Lipinski definition) is 2. The second-order valence-corrected chi connectivity index (χ2v) is 5.17. The van der Waals surface area contributed by atoms with Gasteiger partial charge in [0, 0.05) is 28.7 Å². The molecular formula is C15H20N2O. The van der Waals surface area contributed by atoms with Crippen LogP contribution in [0.2, 0.25) is 0 Å². The molecule has 2 N–H and O–H groups in total. The maximum absolute atomic E-state index is 12.2. The number of fused-ring (bicyclic) bond motifs is 1. The number of hydrogen-bond donors (Lipinski definition) is 2. The molecule has 0 aliphatic heterocycles. The highest BCUT2D eigenvalue weighted by molar-refractivity contribution is 6.09. The van der Waals surface area contributed by atoms with Gasteiger partial charge in [-0.1, -0.05) is 19.9 Å². The molecule has 0 amide bonds. The molecule has 1 aromatic carbocycles. The number of ketones is 1. The van der Waals surface area contributed by atoms with E-state index in [1.807, 2.05) is 20.0 Å². The first-order valence-corrected chi connectivity index (χ1v) is 6.34. The van der Waals surface area contributed by atoms with Crippen molar-refractivity contribution in [2.75, 3.05) is 6.54 Å². The van der Waals surface area contributed by atoms with Crippen LogP contribution < -0.4 is 5.32 Å². The Bertz CT molecular complexity index is 581. The van der Waals surface area contributed by atoms with Crippen LogP contribution in [0.1, 0.15) is 35.3 Å². The summed E-state index contributed by atoms with van der Waals surface area (Å²) in [5.74, 6) is 0.141. The van der Waals surface area contributed by atoms with Gasteiger partial charge in [0.05, 0.1) is 6.54 Å². The normalized spacial score (nSPS) is 11.4. The lowest BCUT2D eigenvalue weighted by atomic mass is 10.0. The SMILES string of the molecule is Cc1cc(C)c2c(C(=O)CNC(C)C)c[nH]c2c1. The first-order chi connectivity index (χ1) is 8.49.